The van der Waals surface area contributed by atoms with E-state index in [1.807, 2.05) is 0 Å². The number of rotatable bonds is 3. The number of amides is 1. The summed E-state index contributed by atoms with van der Waals surface area (Å²) in [4.78, 5) is 15.5. The second-order valence-electron chi connectivity index (χ2n) is 3.72. The van der Waals surface area contributed by atoms with Gasteiger partial charge in [0.25, 0.3) is 10.0 Å². The summed E-state index contributed by atoms with van der Waals surface area (Å²) < 4.78 is 25.8. The number of hydrogen-bond donors (Lipinski definition) is 2. The topological polar surface area (TPSA) is 87.6 Å². The summed E-state index contributed by atoms with van der Waals surface area (Å²) >= 11 is 0. The van der Waals surface area contributed by atoms with Gasteiger partial charge in [0.2, 0.25) is 5.91 Å². The number of carbonyl (C=O) groups excluding carboxylic acids is 1. The molecule has 1 aliphatic rings. The van der Waals surface area contributed by atoms with Crippen molar-refractivity contribution in [1.82, 2.24) is 10.0 Å². The van der Waals surface area contributed by atoms with E-state index < -0.39 is 10.0 Å². The summed E-state index contributed by atoms with van der Waals surface area (Å²) in [5.41, 5.74) is 0.502. The van der Waals surface area contributed by atoms with Crippen LogP contribution in [0.2, 0.25) is 0 Å². The lowest BCUT2D eigenvalue weighted by atomic mass is 10.2. The smallest absolute Gasteiger partial charge is 0.263 e. The summed E-state index contributed by atoms with van der Waals surface area (Å²) in [5, 5.41) is 2.59. The zero-order valence-corrected chi connectivity index (χ0v) is 10.6. The minimum atomic E-state index is -3.53. The van der Waals surface area contributed by atoms with Gasteiger partial charge in [0, 0.05) is 12.1 Å². The molecule has 18 heavy (non-hydrogen) atoms. The van der Waals surface area contributed by atoms with Gasteiger partial charge in [0.05, 0.1) is 4.90 Å². The zero-order chi connectivity index (χ0) is 13.2. The van der Waals surface area contributed by atoms with Gasteiger partial charge in [-0.3, -0.25) is 14.5 Å². The molecular formula is C11H13N3O3S. The number of amidine groups is 1. The molecule has 0 aromatic heterocycles. The van der Waals surface area contributed by atoms with Crippen LogP contribution in [0, 0.1) is 0 Å². The van der Waals surface area contributed by atoms with Gasteiger partial charge in [-0.1, -0.05) is 12.1 Å². The van der Waals surface area contributed by atoms with E-state index in [0.29, 0.717) is 12.1 Å². The first-order chi connectivity index (χ1) is 8.54. The Hall–Kier alpha value is -1.89. The Bertz CT molecular complexity index is 608. The number of sulfonamides is 1. The number of carbonyl (C=O) groups is 1. The fraction of sp³-hybridized carbons (Fsp3) is 0.273. The third-order valence-corrected chi connectivity index (χ3v) is 3.81. The van der Waals surface area contributed by atoms with Crippen molar-refractivity contribution in [2.24, 2.45) is 4.99 Å². The minimum Gasteiger partial charge on any atom is -0.355 e. The molecule has 7 heteroatoms. The van der Waals surface area contributed by atoms with Gasteiger partial charge in [-0.05, 0) is 19.1 Å². The first-order valence-corrected chi connectivity index (χ1v) is 6.96. The van der Waals surface area contributed by atoms with E-state index in [4.69, 9.17) is 0 Å². The maximum Gasteiger partial charge on any atom is 0.263 e. The third-order valence-electron chi connectivity index (χ3n) is 2.42. The van der Waals surface area contributed by atoms with Crippen molar-refractivity contribution < 1.29 is 13.2 Å². The average Bonchev–Trinajstić information content (AvgIpc) is 2.60. The largest absolute Gasteiger partial charge is 0.355 e. The molecule has 2 rings (SSSR count). The molecule has 0 fully saturated rings. The minimum absolute atomic E-state index is 0.0972. The van der Waals surface area contributed by atoms with Gasteiger partial charge < -0.3 is 5.32 Å². The molecular weight excluding hydrogens is 254 g/mol. The molecule has 0 saturated heterocycles. The van der Waals surface area contributed by atoms with Crippen LogP contribution in [-0.2, 0) is 14.8 Å². The van der Waals surface area contributed by atoms with E-state index in [1.54, 1.807) is 25.1 Å². The Labute approximate surface area is 105 Å². The second kappa shape index (κ2) is 4.77. The number of hydrogen-bond acceptors (Lipinski definition) is 4. The van der Waals surface area contributed by atoms with Crippen molar-refractivity contribution in [2.75, 3.05) is 13.1 Å². The van der Waals surface area contributed by atoms with Crippen molar-refractivity contribution in [1.29, 1.82) is 0 Å². The summed E-state index contributed by atoms with van der Waals surface area (Å²) in [6.07, 6.45) is 0. The van der Waals surface area contributed by atoms with Crippen LogP contribution >= 0.6 is 0 Å². The molecule has 1 aromatic carbocycles. The monoisotopic (exact) mass is 267 g/mol. The van der Waals surface area contributed by atoms with Gasteiger partial charge in [-0.25, -0.2) is 8.42 Å². The number of likely N-dealkylation sites (N-methyl/N-ethyl adjacent to an activating group) is 1. The van der Waals surface area contributed by atoms with Crippen LogP contribution in [0.1, 0.15) is 12.5 Å². The predicted molar refractivity (Wildman–Crippen MR) is 66.9 cm³/mol. The van der Waals surface area contributed by atoms with Crippen LogP contribution < -0.4 is 10.0 Å². The summed E-state index contributed by atoms with van der Waals surface area (Å²) in [5.74, 6) is -0.0227. The number of aliphatic imine (C=N–C) groups is 1. The highest BCUT2D eigenvalue weighted by Crippen LogP contribution is 2.21. The highest BCUT2D eigenvalue weighted by molar-refractivity contribution is 7.90. The number of benzene rings is 1. The number of fused-ring (bicyclic) bond motifs is 1. The predicted octanol–water partition coefficient (Wildman–Crippen LogP) is -0.139. The molecule has 0 saturated carbocycles. The molecule has 96 valence electrons. The fourth-order valence-electron chi connectivity index (χ4n) is 1.66. The quantitative estimate of drug-likeness (QED) is 0.799. The molecule has 0 unspecified atom stereocenters. The fourth-order valence-corrected chi connectivity index (χ4v) is 2.91. The van der Waals surface area contributed by atoms with Crippen LogP contribution in [0.15, 0.2) is 34.2 Å². The lowest BCUT2D eigenvalue weighted by Crippen LogP contribution is -2.28. The van der Waals surface area contributed by atoms with E-state index in [-0.39, 0.29) is 23.2 Å². The van der Waals surface area contributed by atoms with E-state index in [1.165, 1.54) is 6.07 Å². The highest BCUT2D eigenvalue weighted by Gasteiger charge is 2.30. The lowest BCUT2D eigenvalue weighted by molar-refractivity contribution is -0.119. The van der Waals surface area contributed by atoms with Gasteiger partial charge in [-0.15, -0.1) is 0 Å². The second-order valence-corrected chi connectivity index (χ2v) is 5.37. The van der Waals surface area contributed by atoms with E-state index in [2.05, 4.69) is 15.0 Å². The van der Waals surface area contributed by atoms with Crippen LogP contribution in [0.25, 0.3) is 0 Å². The molecule has 1 aliphatic heterocycles. The normalized spacial score (nSPS) is 18.2. The van der Waals surface area contributed by atoms with Crippen LogP contribution in [-0.4, -0.2) is 33.3 Å². The van der Waals surface area contributed by atoms with E-state index in [0.717, 1.165) is 0 Å². The van der Waals surface area contributed by atoms with Crippen LogP contribution in [0.4, 0.5) is 0 Å². The average molecular weight is 267 g/mol. The van der Waals surface area contributed by atoms with Gasteiger partial charge in [0.15, 0.2) is 0 Å². The van der Waals surface area contributed by atoms with Gasteiger partial charge in [-0.2, -0.15) is 0 Å². The molecule has 0 radical (unpaired) electrons. The first kappa shape index (κ1) is 12.6. The Morgan fingerprint density at radius 3 is 2.83 bits per heavy atom. The van der Waals surface area contributed by atoms with Crippen molar-refractivity contribution in [3.05, 3.63) is 29.8 Å². The van der Waals surface area contributed by atoms with Crippen molar-refractivity contribution in [3.63, 3.8) is 0 Å². The van der Waals surface area contributed by atoms with E-state index in [9.17, 15) is 13.2 Å². The number of nitrogens with one attached hydrogen (secondary N) is 2. The number of nitrogens with zero attached hydrogens (tertiary/aromatic N) is 1. The zero-order valence-electron chi connectivity index (χ0n) is 9.80. The summed E-state index contributed by atoms with van der Waals surface area (Å²) in [6.45, 7) is 2.23. The Kier molecular flexibility index (Phi) is 3.33. The molecule has 2 N–H and O–H groups in total. The summed E-state index contributed by atoms with van der Waals surface area (Å²) in [7, 11) is -3.53. The molecule has 0 aliphatic carbocycles. The Balaban J connectivity index is 2.28. The molecule has 6 nitrogen and oxygen atoms in total. The van der Waals surface area contributed by atoms with E-state index >= 15 is 0 Å². The van der Waals surface area contributed by atoms with Crippen LogP contribution in [0.3, 0.4) is 0 Å². The first-order valence-electron chi connectivity index (χ1n) is 5.48. The molecule has 1 amide bonds. The Morgan fingerprint density at radius 1 is 1.39 bits per heavy atom. The van der Waals surface area contributed by atoms with Crippen LogP contribution in [0.5, 0.6) is 0 Å². The lowest BCUT2D eigenvalue weighted by Gasteiger charge is -2.00. The van der Waals surface area contributed by atoms with Gasteiger partial charge >= 0.3 is 0 Å². The summed E-state index contributed by atoms with van der Waals surface area (Å²) in [6, 6.07) is 6.53. The molecule has 0 spiro atoms. The molecule has 0 atom stereocenters. The Morgan fingerprint density at radius 2 is 2.11 bits per heavy atom. The SMILES string of the molecule is CCNC(=O)CN=C1NS(=O)(=O)c2ccccc21. The maximum atomic E-state index is 11.7. The highest BCUT2D eigenvalue weighted by atomic mass is 32.2. The molecule has 1 aromatic rings. The molecule has 0 bridgehead atoms. The van der Waals surface area contributed by atoms with Crippen molar-refractivity contribution in [2.45, 2.75) is 11.8 Å². The van der Waals surface area contributed by atoms with Crippen molar-refractivity contribution in [3.8, 4) is 0 Å². The van der Waals surface area contributed by atoms with Gasteiger partial charge in [0.1, 0.15) is 12.4 Å². The van der Waals surface area contributed by atoms with Crippen molar-refractivity contribution >= 4 is 21.8 Å². The third kappa shape index (κ3) is 2.35. The standard InChI is InChI=1S/C11H13N3O3S/c1-2-12-10(15)7-13-11-8-5-3-4-6-9(8)18(16,17)14-11/h3-6H,2,7H2,1H3,(H,12,15)(H,13,14). The maximum absolute atomic E-state index is 11.7. The molecule has 1 heterocycles.